The second-order valence-corrected chi connectivity index (χ2v) is 6.08. The van der Waals surface area contributed by atoms with Crippen LogP contribution in [0.5, 0.6) is 5.75 Å². The van der Waals surface area contributed by atoms with E-state index in [1.165, 1.54) is 0 Å². The van der Waals surface area contributed by atoms with Crippen molar-refractivity contribution in [2.75, 3.05) is 19.4 Å². The molecule has 0 saturated heterocycles. The summed E-state index contributed by atoms with van der Waals surface area (Å²) in [4.78, 5) is 24.4. The Kier molecular flexibility index (Phi) is 7.22. The second-order valence-electron chi connectivity index (χ2n) is 4.91. The van der Waals surface area contributed by atoms with Crippen LogP contribution < -0.4 is 15.4 Å². The number of hydrogen-bond acceptors (Lipinski definition) is 5. The molecule has 0 aliphatic rings. The Balaban J connectivity index is 1.58. The third kappa shape index (κ3) is 6.37. The highest BCUT2D eigenvalue weighted by Crippen LogP contribution is 2.21. The maximum atomic E-state index is 11.7. The van der Waals surface area contributed by atoms with Gasteiger partial charge in [-0.05, 0) is 36.4 Å². The predicted octanol–water partition coefficient (Wildman–Crippen LogP) is 2.20. The van der Waals surface area contributed by atoms with E-state index in [0.717, 1.165) is 10.6 Å². The van der Waals surface area contributed by atoms with Crippen LogP contribution in [0.2, 0.25) is 0 Å². The second kappa shape index (κ2) is 9.67. The topological polar surface area (TPSA) is 80.6 Å². The van der Waals surface area contributed by atoms with Crippen LogP contribution in [0, 0.1) is 0 Å². The van der Waals surface area contributed by atoms with E-state index < -0.39 is 0 Å². The Hall–Kier alpha value is -2.41. The first-order valence-electron chi connectivity index (χ1n) is 7.50. The van der Waals surface area contributed by atoms with E-state index in [2.05, 4.69) is 10.6 Å². The predicted molar refractivity (Wildman–Crippen MR) is 91.9 cm³/mol. The average molecular weight is 348 g/mol. The van der Waals surface area contributed by atoms with E-state index >= 15 is 0 Å². The van der Waals surface area contributed by atoms with Crippen LogP contribution in [0.1, 0.15) is 12.2 Å². The van der Waals surface area contributed by atoms with Crippen LogP contribution in [-0.4, -0.2) is 31.2 Å². The number of nitrogens with one attached hydrogen (secondary N) is 2. The van der Waals surface area contributed by atoms with E-state index in [1.807, 2.05) is 24.3 Å². The van der Waals surface area contributed by atoms with E-state index in [9.17, 15) is 9.59 Å². The van der Waals surface area contributed by atoms with Crippen LogP contribution in [0.3, 0.4) is 0 Å². The van der Waals surface area contributed by atoms with Crippen LogP contribution in [0.15, 0.2) is 52.0 Å². The van der Waals surface area contributed by atoms with Crippen LogP contribution in [-0.2, 0) is 16.1 Å². The van der Waals surface area contributed by atoms with E-state index in [-0.39, 0.29) is 18.4 Å². The minimum Gasteiger partial charge on any atom is -0.497 e. The summed E-state index contributed by atoms with van der Waals surface area (Å²) in [5, 5.41) is 5.27. The third-order valence-corrected chi connectivity index (χ3v) is 4.16. The zero-order chi connectivity index (χ0) is 17.2. The first kappa shape index (κ1) is 17.9. The molecule has 0 fully saturated rings. The Morgan fingerprint density at radius 1 is 1.12 bits per heavy atom. The molecule has 0 radical (unpaired) electrons. The van der Waals surface area contributed by atoms with Crippen LogP contribution >= 0.6 is 11.8 Å². The number of ether oxygens (including phenoxy) is 1. The molecule has 0 aliphatic heterocycles. The maximum Gasteiger partial charge on any atom is 0.239 e. The van der Waals surface area contributed by atoms with Crippen LogP contribution in [0.4, 0.5) is 0 Å². The van der Waals surface area contributed by atoms with Crippen molar-refractivity contribution in [3.05, 3.63) is 48.4 Å². The summed E-state index contributed by atoms with van der Waals surface area (Å²) in [6.45, 7) is 0.280. The van der Waals surface area contributed by atoms with E-state index in [0.29, 0.717) is 24.5 Å². The normalized spacial score (nSPS) is 10.2. The number of carbonyl (C=O) groups is 2. The highest BCUT2D eigenvalue weighted by atomic mass is 32.2. The van der Waals surface area contributed by atoms with E-state index in [4.69, 9.17) is 9.15 Å². The van der Waals surface area contributed by atoms with Gasteiger partial charge in [0.25, 0.3) is 0 Å². The van der Waals surface area contributed by atoms with Crippen molar-refractivity contribution in [3.8, 4) is 5.75 Å². The largest absolute Gasteiger partial charge is 0.497 e. The maximum absolute atomic E-state index is 11.7. The zero-order valence-corrected chi connectivity index (χ0v) is 14.2. The summed E-state index contributed by atoms with van der Waals surface area (Å²) in [6, 6.07) is 11.2. The Bertz CT molecular complexity index is 641. The highest BCUT2D eigenvalue weighted by molar-refractivity contribution is 7.99. The average Bonchev–Trinajstić information content (AvgIpc) is 3.12. The molecule has 0 bridgehead atoms. The summed E-state index contributed by atoms with van der Waals surface area (Å²) in [5.41, 5.74) is 0. The number of carbonyl (C=O) groups excluding carboxylic acids is 2. The minimum absolute atomic E-state index is 0.0350. The van der Waals surface area contributed by atoms with Gasteiger partial charge in [0.2, 0.25) is 11.8 Å². The molecule has 7 heteroatoms. The Morgan fingerprint density at radius 3 is 2.58 bits per heavy atom. The Morgan fingerprint density at radius 2 is 1.92 bits per heavy atom. The minimum atomic E-state index is -0.248. The van der Waals surface area contributed by atoms with Gasteiger partial charge in [0.1, 0.15) is 11.5 Å². The molecule has 6 nitrogen and oxygen atoms in total. The van der Waals surface area contributed by atoms with Crippen molar-refractivity contribution in [2.24, 2.45) is 0 Å². The van der Waals surface area contributed by atoms with Crippen LogP contribution in [0.25, 0.3) is 0 Å². The fourth-order valence-corrected chi connectivity index (χ4v) is 2.71. The third-order valence-electron chi connectivity index (χ3n) is 3.14. The van der Waals surface area contributed by atoms with Gasteiger partial charge < -0.3 is 19.8 Å². The number of furan rings is 1. The molecule has 1 aromatic heterocycles. The number of rotatable bonds is 9. The van der Waals surface area contributed by atoms with Crippen molar-refractivity contribution in [1.29, 1.82) is 0 Å². The fraction of sp³-hybridized carbons (Fsp3) is 0.294. The molecule has 0 unspecified atom stereocenters. The quantitative estimate of drug-likeness (QED) is 0.679. The number of benzene rings is 1. The van der Waals surface area contributed by atoms with Crippen molar-refractivity contribution in [2.45, 2.75) is 17.9 Å². The summed E-state index contributed by atoms with van der Waals surface area (Å²) >= 11 is 1.58. The molecule has 0 aliphatic carbocycles. The van der Waals surface area contributed by atoms with Gasteiger partial charge >= 0.3 is 0 Å². The number of amides is 2. The molecule has 2 rings (SSSR count). The zero-order valence-electron chi connectivity index (χ0n) is 13.4. The summed E-state index contributed by atoms with van der Waals surface area (Å²) in [7, 11) is 1.62. The first-order valence-corrected chi connectivity index (χ1v) is 8.48. The van der Waals surface area contributed by atoms with Crippen molar-refractivity contribution >= 4 is 23.6 Å². The molecule has 128 valence electrons. The van der Waals surface area contributed by atoms with E-state index in [1.54, 1.807) is 37.3 Å². The Labute approximate surface area is 144 Å². The molecule has 1 aromatic carbocycles. The van der Waals surface area contributed by atoms with Gasteiger partial charge in [0.15, 0.2) is 0 Å². The van der Waals surface area contributed by atoms with Crippen molar-refractivity contribution in [3.63, 3.8) is 0 Å². The van der Waals surface area contributed by atoms with Gasteiger partial charge in [-0.1, -0.05) is 0 Å². The molecule has 0 spiro atoms. The van der Waals surface area contributed by atoms with Crippen molar-refractivity contribution < 1.29 is 18.7 Å². The lowest BCUT2D eigenvalue weighted by Gasteiger charge is -2.06. The summed E-state index contributed by atoms with van der Waals surface area (Å²) in [6.07, 6.45) is 1.89. The molecule has 2 N–H and O–H groups in total. The lowest BCUT2D eigenvalue weighted by Crippen LogP contribution is -2.36. The molecule has 2 amide bonds. The van der Waals surface area contributed by atoms with Gasteiger partial charge in [-0.25, -0.2) is 0 Å². The SMILES string of the molecule is COc1ccc(SCCC(=O)NCC(=O)NCc2ccco2)cc1. The molecule has 0 atom stereocenters. The van der Waals surface area contributed by atoms with Gasteiger partial charge in [0, 0.05) is 17.1 Å². The smallest absolute Gasteiger partial charge is 0.239 e. The monoisotopic (exact) mass is 348 g/mol. The summed E-state index contributed by atoms with van der Waals surface area (Å²) in [5.74, 6) is 1.72. The molecule has 2 aromatic rings. The fourth-order valence-electron chi connectivity index (χ4n) is 1.86. The number of thioether (sulfide) groups is 1. The van der Waals surface area contributed by atoms with Gasteiger partial charge in [-0.2, -0.15) is 0 Å². The standard InChI is InChI=1S/C17H20N2O4S/c1-22-13-4-6-15(7-5-13)24-10-8-16(20)19-12-17(21)18-11-14-3-2-9-23-14/h2-7,9H,8,10-12H2,1H3,(H,18,21)(H,19,20). The molecule has 24 heavy (non-hydrogen) atoms. The number of hydrogen-bond donors (Lipinski definition) is 2. The van der Waals surface area contributed by atoms with Crippen molar-refractivity contribution in [1.82, 2.24) is 10.6 Å². The van der Waals surface area contributed by atoms with Gasteiger partial charge in [-0.3, -0.25) is 9.59 Å². The van der Waals surface area contributed by atoms with Gasteiger partial charge in [-0.15, -0.1) is 11.8 Å². The molecular weight excluding hydrogens is 328 g/mol. The lowest BCUT2D eigenvalue weighted by molar-refractivity contribution is -0.126. The lowest BCUT2D eigenvalue weighted by atomic mass is 10.3. The summed E-state index contributed by atoms with van der Waals surface area (Å²) < 4.78 is 10.2. The van der Waals surface area contributed by atoms with Gasteiger partial charge in [0.05, 0.1) is 26.5 Å². The first-order chi connectivity index (χ1) is 11.7. The molecule has 0 saturated carbocycles. The molecule has 1 heterocycles. The molecular formula is C17H20N2O4S. The number of methoxy groups -OCH3 is 1. The highest BCUT2D eigenvalue weighted by Gasteiger charge is 2.06.